The molecular formula is C9H14N4O2. The van der Waals surface area contributed by atoms with Gasteiger partial charge in [0.2, 0.25) is 0 Å². The number of nitrogen functional groups attached to an aromatic ring is 1. The molecule has 82 valence electrons. The fourth-order valence-corrected chi connectivity index (χ4v) is 1.03. The van der Waals surface area contributed by atoms with Crippen LogP contribution in [0.3, 0.4) is 0 Å². The maximum atomic E-state index is 11.5. The Bertz CT molecular complexity index is 330. The highest BCUT2D eigenvalue weighted by atomic mass is 16.5. The topological polar surface area (TPSA) is 90.1 Å². The van der Waals surface area contributed by atoms with Crippen LogP contribution in [0, 0.1) is 0 Å². The largest absolute Gasteiger partial charge is 0.385 e. The van der Waals surface area contributed by atoms with Crippen molar-refractivity contribution in [3.05, 3.63) is 18.1 Å². The van der Waals surface area contributed by atoms with Gasteiger partial charge in [0.25, 0.3) is 5.91 Å². The lowest BCUT2D eigenvalue weighted by Crippen LogP contribution is -2.27. The maximum Gasteiger partial charge on any atom is 0.273 e. The van der Waals surface area contributed by atoms with Crippen LogP contribution >= 0.6 is 0 Å². The first kappa shape index (κ1) is 11.4. The molecule has 0 atom stereocenters. The predicted molar refractivity (Wildman–Crippen MR) is 55.3 cm³/mol. The minimum Gasteiger partial charge on any atom is -0.385 e. The summed E-state index contributed by atoms with van der Waals surface area (Å²) in [4.78, 5) is 19.1. The summed E-state index contributed by atoms with van der Waals surface area (Å²) >= 11 is 0. The molecule has 0 aliphatic heterocycles. The lowest BCUT2D eigenvalue weighted by atomic mass is 10.3. The molecule has 0 bridgehead atoms. The molecule has 1 rings (SSSR count). The highest BCUT2D eigenvalue weighted by molar-refractivity contribution is 5.96. The van der Waals surface area contributed by atoms with Gasteiger partial charge in [0.1, 0.15) is 0 Å². The van der Waals surface area contributed by atoms with E-state index in [1.54, 1.807) is 7.11 Å². The number of hydrogen-bond acceptors (Lipinski definition) is 5. The third kappa shape index (κ3) is 3.51. The van der Waals surface area contributed by atoms with Crippen LogP contribution in [-0.2, 0) is 4.74 Å². The van der Waals surface area contributed by atoms with Gasteiger partial charge in [-0.15, -0.1) is 0 Å². The van der Waals surface area contributed by atoms with Crippen molar-refractivity contribution >= 4 is 11.7 Å². The van der Waals surface area contributed by atoms with Crippen molar-refractivity contribution in [3.63, 3.8) is 0 Å². The van der Waals surface area contributed by atoms with Crippen LogP contribution in [0.1, 0.15) is 16.9 Å². The van der Waals surface area contributed by atoms with Crippen LogP contribution in [0.25, 0.3) is 0 Å². The summed E-state index contributed by atoms with van der Waals surface area (Å²) < 4.78 is 4.85. The number of anilines is 1. The Morgan fingerprint density at radius 1 is 1.53 bits per heavy atom. The molecule has 0 spiro atoms. The number of rotatable bonds is 5. The van der Waals surface area contributed by atoms with Crippen LogP contribution in [0.2, 0.25) is 0 Å². The molecule has 0 saturated heterocycles. The Hall–Kier alpha value is -1.69. The highest BCUT2D eigenvalue weighted by Gasteiger charge is 2.10. The number of nitrogens with two attached hydrogens (primary N) is 1. The summed E-state index contributed by atoms with van der Waals surface area (Å²) in [5, 5.41) is 2.67. The number of methoxy groups -OCH3 is 1. The Morgan fingerprint density at radius 2 is 2.27 bits per heavy atom. The summed E-state index contributed by atoms with van der Waals surface area (Å²) in [7, 11) is 1.61. The molecule has 15 heavy (non-hydrogen) atoms. The van der Waals surface area contributed by atoms with Gasteiger partial charge in [0, 0.05) is 32.7 Å². The van der Waals surface area contributed by atoms with E-state index in [1.807, 2.05) is 0 Å². The maximum absolute atomic E-state index is 11.5. The minimum atomic E-state index is -0.309. The predicted octanol–water partition coefficient (Wildman–Crippen LogP) is -0.175. The number of ether oxygens (including phenoxy) is 1. The minimum absolute atomic E-state index is 0.141. The lowest BCUT2D eigenvalue weighted by molar-refractivity contribution is 0.0944. The van der Waals surface area contributed by atoms with Gasteiger partial charge in [-0.05, 0) is 6.42 Å². The first-order valence-corrected chi connectivity index (χ1v) is 4.59. The van der Waals surface area contributed by atoms with E-state index in [-0.39, 0.29) is 17.4 Å². The molecule has 1 amide bonds. The van der Waals surface area contributed by atoms with E-state index in [0.29, 0.717) is 13.2 Å². The van der Waals surface area contributed by atoms with Gasteiger partial charge in [-0.2, -0.15) is 0 Å². The zero-order chi connectivity index (χ0) is 11.1. The molecule has 1 aromatic heterocycles. The smallest absolute Gasteiger partial charge is 0.273 e. The summed E-state index contributed by atoms with van der Waals surface area (Å²) in [5.74, 6) is -0.168. The van der Waals surface area contributed by atoms with E-state index in [0.717, 1.165) is 6.42 Å². The van der Waals surface area contributed by atoms with E-state index < -0.39 is 0 Å². The van der Waals surface area contributed by atoms with Crippen molar-refractivity contribution in [2.75, 3.05) is 26.0 Å². The second-order valence-corrected chi connectivity index (χ2v) is 2.89. The highest BCUT2D eigenvalue weighted by Crippen LogP contribution is 2.01. The first-order chi connectivity index (χ1) is 7.25. The van der Waals surface area contributed by atoms with Crippen LogP contribution in [0.5, 0.6) is 0 Å². The van der Waals surface area contributed by atoms with E-state index in [4.69, 9.17) is 10.5 Å². The van der Waals surface area contributed by atoms with Crippen molar-refractivity contribution < 1.29 is 9.53 Å². The van der Waals surface area contributed by atoms with Crippen molar-refractivity contribution in [1.82, 2.24) is 15.3 Å². The molecule has 0 saturated carbocycles. The van der Waals surface area contributed by atoms with Gasteiger partial charge in [-0.3, -0.25) is 4.79 Å². The summed E-state index contributed by atoms with van der Waals surface area (Å²) in [6.07, 6.45) is 3.62. The number of carbonyl (C=O) groups excluding carboxylic acids is 1. The normalized spacial score (nSPS) is 9.93. The van der Waals surface area contributed by atoms with Gasteiger partial charge in [0.05, 0.1) is 0 Å². The molecular weight excluding hydrogens is 196 g/mol. The molecule has 0 radical (unpaired) electrons. The zero-order valence-electron chi connectivity index (χ0n) is 8.56. The van der Waals surface area contributed by atoms with Crippen molar-refractivity contribution in [2.45, 2.75) is 6.42 Å². The van der Waals surface area contributed by atoms with Gasteiger partial charge in [-0.1, -0.05) is 0 Å². The molecule has 6 heteroatoms. The molecule has 0 aliphatic carbocycles. The molecule has 0 aromatic carbocycles. The van der Waals surface area contributed by atoms with Gasteiger partial charge >= 0.3 is 0 Å². The third-order valence-electron chi connectivity index (χ3n) is 1.75. The molecule has 6 nitrogen and oxygen atoms in total. The van der Waals surface area contributed by atoms with Gasteiger partial charge < -0.3 is 15.8 Å². The second kappa shape index (κ2) is 5.92. The Morgan fingerprint density at radius 3 is 2.93 bits per heavy atom. The van der Waals surface area contributed by atoms with Gasteiger partial charge in [0.15, 0.2) is 11.5 Å². The van der Waals surface area contributed by atoms with E-state index in [1.165, 1.54) is 12.4 Å². The SMILES string of the molecule is COCCCNC(=O)c1nccnc1N. The van der Waals surface area contributed by atoms with Crippen molar-refractivity contribution in [2.24, 2.45) is 0 Å². The summed E-state index contributed by atoms with van der Waals surface area (Å²) in [6, 6.07) is 0. The van der Waals surface area contributed by atoms with Gasteiger partial charge in [-0.25, -0.2) is 9.97 Å². The standard InChI is InChI=1S/C9H14N4O2/c1-15-6-2-3-13-9(14)7-8(10)12-5-4-11-7/h4-5H,2-3,6H2,1H3,(H2,10,12)(H,13,14). The molecule has 0 aliphatic rings. The zero-order valence-corrected chi connectivity index (χ0v) is 8.56. The average molecular weight is 210 g/mol. The number of amides is 1. The monoisotopic (exact) mass is 210 g/mol. The van der Waals surface area contributed by atoms with E-state index in [2.05, 4.69) is 15.3 Å². The van der Waals surface area contributed by atoms with Crippen molar-refractivity contribution in [3.8, 4) is 0 Å². The molecule has 1 aromatic rings. The molecule has 1 heterocycles. The fraction of sp³-hybridized carbons (Fsp3) is 0.444. The Labute approximate surface area is 87.9 Å². The number of nitrogens with zero attached hydrogens (tertiary/aromatic N) is 2. The summed E-state index contributed by atoms with van der Waals surface area (Å²) in [5.41, 5.74) is 5.65. The number of hydrogen-bond donors (Lipinski definition) is 2. The molecule has 0 fully saturated rings. The van der Waals surface area contributed by atoms with Crippen LogP contribution in [-0.4, -0.2) is 36.1 Å². The van der Waals surface area contributed by atoms with Crippen molar-refractivity contribution in [1.29, 1.82) is 0 Å². The number of aromatic nitrogens is 2. The Balaban J connectivity index is 2.44. The number of nitrogens with one attached hydrogen (secondary N) is 1. The second-order valence-electron chi connectivity index (χ2n) is 2.89. The lowest BCUT2D eigenvalue weighted by Gasteiger charge is -2.04. The van der Waals surface area contributed by atoms with Crippen LogP contribution in [0.4, 0.5) is 5.82 Å². The molecule has 0 unspecified atom stereocenters. The third-order valence-corrected chi connectivity index (χ3v) is 1.75. The fourth-order valence-electron chi connectivity index (χ4n) is 1.03. The number of carbonyl (C=O) groups is 1. The van der Waals surface area contributed by atoms with E-state index in [9.17, 15) is 4.79 Å². The quantitative estimate of drug-likeness (QED) is 0.658. The first-order valence-electron chi connectivity index (χ1n) is 4.59. The average Bonchev–Trinajstić information content (AvgIpc) is 2.25. The van der Waals surface area contributed by atoms with E-state index >= 15 is 0 Å². The summed E-state index contributed by atoms with van der Waals surface area (Å²) in [6.45, 7) is 1.14. The molecule has 3 N–H and O–H groups in total. The van der Waals surface area contributed by atoms with Crippen LogP contribution in [0.15, 0.2) is 12.4 Å². The van der Waals surface area contributed by atoms with Crippen LogP contribution < -0.4 is 11.1 Å². The Kier molecular flexibility index (Phi) is 4.49.